The molecule has 1 heterocycles. The maximum Gasteiger partial charge on any atom is 0.247 e. The molecule has 0 fully saturated rings. The van der Waals surface area contributed by atoms with E-state index in [0.29, 0.717) is 17.8 Å². The zero-order chi connectivity index (χ0) is 20.5. The molecule has 1 N–H and O–H groups in total. The second-order valence-corrected chi connectivity index (χ2v) is 9.53. The highest BCUT2D eigenvalue weighted by Gasteiger charge is 2.37. The normalized spacial score (nSPS) is 16.6. The topological polar surface area (TPSA) is 83.6 Å². The van der Waals surface area contributed by atoms with Gasteiger partial charge in [-0.05, 0) is 36.1 Å². The molecule has 0 aliphatic carbocycles. The molecule has 2 aromatic rings. The van der Waals surface area contributed by atoms with Crippen molar-refractivity contribution in [3.63, 3.8) is 0 Å². The number of amides is 2. The van der Waals surface area contributed by atoms with Gasteiger partial charge in [-0.3, -0.25) is 14.5 Å². The number of nitrogens with zero attached hydrogens (tertiary/aromatic N) is 1. The molecule has 28 heavy (non-hydrogen) atoms. The summed E-state index contributed by atoms with van der Waals surface area (Å²) in [5, 5.41) is 2.78. The smallest absolute Gasteiger partial charge is 0.247 e. The van der Waals surface area contributed by atoms with Crippen LogP contribution in [0.5, 0.6) is 0 Å². The van der Waals surface area contributed by atoms with E-state index in [1.807, 2.05) is 44.2 Å². The van der Waals surface area contributed by atoms with E-state index in [2.05, 4.69) is 5.32 Å². The summed E-state index contributed by atoms with van der Waals surface area (Å²) < 4.78 is 23.7. The Kier molecular flexibility index (Phi) is 5.56. The van der Waals surface area contributed by atoms with Crippen LogP contribution in [0.15, 0.2) is 53.4 Å². The molecule has 148 valence electrons. The molecule has 3 rings (SSSR count). The first-order chi connectivity index (χ1) is 13.2. The number of rotatable bonds is 5. The predicted octanol–water partition coefficient (Wildman–Crippen LogP) is 3.03. The lowest BCUT2D eigenvalue weighted by molar-refractivity contribution is -0.124. The highest BCUT2D eigenvalue weighted by atomic mass is 32.2. The van der Waals surface area contributed by atoms with Crippen LogP contribution in [0.1, 0.15) is 25.8 Å². The van der Waals surface area contributed by atoms with Crippen molar-refractivity contribution in [3.8, 4) is 0 Å². The van der Waals surface area contributed by atoms with E-state index in [1.54, 1.807) is 6.07 Å². The molecule has 7 heteroatoms. The zero-order valence-corrected chi connectivity index (χ0v) is 17.0. The third-order valence-corrected chi connectivity index (χ3v) is 5.80. The number of hydrogen-bond donors (Lipinski definition) is 1. The minimum Gasteiger partial charge on any atom is -0.322 e. The number of sulfone groups is 1. The van der Waals surface area contributed by atoms with Crippen molar-refractivity contribution in [3.05, 3.63) is 54.1 Å². The number of nitrogens with one attached hydrogen (secondary N) is 1. The van der Waals surface area contributed by atoms with E-state index in [9.17, 15) is 18.0 Å². The summed E-state index contributed by atoms with van der Waals surface area (Å²) >= 11 is 0. The van der Waals surface area contributed by atoms with Crippen molar-refractivity contribution in [2.45, 2.75) is 37.6 Å². The van der Waals surface area contributed by atoms with E-state index in [-0.39, 0.29) is 29.0 Å². The van der Waals surface area contributed by atoms with Crippen molar-refractivity contribution in [2.75, 3.05) is 16.5 Å². The van der Waals surface area contributed by atoms with Gasteiger partial charge >= 0.3 is 0 Å². The van der Waals surface area contributed by atoms with Crippen LogP contribution >= 0.6 is 0 Å². The minimum absolute atomic E-state index is 0.101. The van der Waals surface area contributed by atoms with Gasteiger partial charge in [0.15, 0.2) is 9.84 Å². The van der Waals surface area contributed by atoms with E-state index in [1.165, 1.54) is 17.0 Å². The third-order valence-electron chi connectivity index (χ3n) is 4.69. The SMILES string of the molecule is CC(C)CC1C(=O)Nc2cc(S(C)(=O)=O)ccc2N1C(=O)Cc1ccccc1. The summed E-state index contributed by atoms with van der Waals surface area (Å²) in [6, 6.07) is 13.2. The van der Waals surface area contributed by atoms with Crippen molar-refractivity contribution < 1.29 is 18.0 Å². The maximum absolute atomic E-state index is 13.2. The summed E-state index contributed by atoms with van der Waals surface area (Å²) in [5.74, 6) is -0.284. The molecule has 1 aliphatic rings. The molecule has 2 aromatic carbocycles. The fraction of sp³-hybridized carbons (Fsp3) is 0.333. The van der Waals surface area contributed by atoms with Gasteiger partial charge in [0.2, 0.25) is 11.8 Å². The molecular weight excluding hydrogens is 376 g/mol. The Morgan fingerprint density at radius 1 is 1.14 bits per heavy atom. The Morgan fingerprint density at radius 2 is 1.82 bits per heavy atom. The van der Waals surface area contributed by atoms with Crippen LogP contribution in [0.3, 0.4) is 0 Å². The summed E-state index contributed by atoms with van der Waals surface area (Å²) in [4.78, 5) is 27.6. The fourth-order valence-electron chi connectivity index (χ4n) is 3.38. The van der Waals surface area contributed by atoms with E-state index in [0.717, 1.165) is 11.8 Å². The van der Waals surface area contributed by atoms with Crippen molar-refractivity contribution in [1.82, 2.24) is 0 Å². The molecule has 2 amide bonds. The molecule has 0 aromatic heterocycles. The van der Waals surface area contributed by atoms with Gasteiger partial charge in [-0.15, -0.1) is 0 Å². The van der Waals surface area contributed by atoms with E-state index < -0.39 is 15.9 Å². The number of carbonyl (C=O) groups is 2. The van der Waals surface area contributed by atoms with Gasteiger partial charge in [-0.2, -0.15) is 0 Å². The van der Waals surface area contributed by atoms with Crippen LogP contribution in [0.2, 0.25) is 0 Å². The molecule has 6 nitrogen and oxygen atoms in total. The largest absolute Gasteiger partial charge is 0.322 e. The Bertz CT molecular complexity index is 1000. The van der Waals surface area contributed by atoms with Crippen LogP contribution in [0, 0.1) is 5.92 Å². The van der Waals surface area contributed by atoms with Crippen LogP contribution in [0.25, 0.3) is 0 Å². The molecule has 0 bridgehead atoms. The van der Waals surface area contributed by atoms with Gasteiger partial charge in [0, 0.05) is 6.26 Å². The standard InChI is InChI=1S/C21H24N2O4S/c1-14(2)11-19-21(25)22-17-13-16(28(3,26)27)9-10-18(17)23(19)20(24)12-15-7-5-4-6-8-15/h4-10,13-14,19H,11-12H2,1-3H3,(H,22,25). The average molecular weight is 401 g/mol. The van der Waals surface area contributed by atoms with Crippen molar-refractivity contribution >= 4 is 33.0 Å². The first-order valence-electron chi connectivity index (χ1n) is 9.18. The molecule has 1 atom stereocenters. The molecule has 0 saturated carbocycles. The van der Waals surface area contributed by atoms with E-state index >= 15 is 0 Å². The number of fused-ring (bicyclic) bond motifs is 1. The second kappa shape index (κ2) is 7.75. The van der Waals surface area contributed by atoms with Crippen molar-refractivity contribution in [1.29, 1.82) is 0 Å². The number of anilines is 2. The third kappa shape index (κ3) is 4.25. The van der Waals surface area contributed by atoms with Gasteiger partial charge in [0.25, 0.3) is 0 Å². The van der Waals surface area contributed by atoms with Crippen LogP contribution in [-0.4, -0.2) is 32.5 Å². The summed E-state index contributed by atoms with van der Waals surface area (Å²) in [6.45, 7) is 3.99. The lowest BCUT2D eigenvalue weighted by Gasteiger charge is -2.37. The predicted molar refractivity (Wildman–Crippen MR) is 109 cm³/mol. The molecule has 0 saturated heterocycles. The Hall–Kier alpha value is -2.67. The maximum atomic E-state index is 13.2. The number of carbonyl (C=O) groups excluding carboxylic acids is 2. The summed E-state index contributed by atoms with van der Waals surface area (Å²) in [5.41, 5.74) is 1.73. The van der Waals surface area contributed by atoms with Gasteiger partial charge in [-0.1, -0.05) is 44.2 Å². The fourth-order valence-corrected chi connectivity index (χ4v) is 4.03. The molecular formula is C21H24N2O4S. The van der Waals surface area contributed by atoms with E-state index in [4.69, 9.17) is 0 Å². The minimum atomic E-state index is -3.43. The summed E-state index contributed by atoms with van der Waals surface area (Å²) in [7, 11) is -3.43. The molecule has 1 aliphatic heterocycles. The highest BCUT2D eigenvalue weighted by molar-refractivity contribution is 7.90. The van der Waals surface area contributed by atoms with Gasteiger partial charge in [0.1, 0.15) is 6.04 Å². The summed E-state index contributed by atoms with van der Waals surface area (Å²) in [6.07, 6.45) is 1.79. The van der Waals surface area contributed by atoms with Gasteiger partial charge in [0.05, 0.1) is 22.7 Å². The first-order valence-corrected chi connectivity index (χ1v) is 11.1. The average Bonchev–Trinajstić information content (AvgIpc) is 2.61. The lowest BCUT2D eigenvalue weighted by Crippen LogP contribution is -2.52. The number of benzene rings is 2. The molecule has 0 radical (unpaired) electrons. The van der Waals surface area contributed by atoms with Crippen LogP contribution < -0.4 is 10.2 Å². The molecule has 0 spiro atoms. The van der Waals surface area contributed by atoms with Gasteiger partial charge in [-0.25, -0.2) is 8.42 Å². The monoisotopic (exact) mass is 400 g/mol. The first kappa shape index (κ1) is 20.1. The second-order valence-electron chi connectivity index (χ2n) is 7.51. The van der Waals surface area contributed by atoms with Crippen LogP contribution in [-0.2, 0) is 25.8 Å². The van der Waals surface area contributed by atoms with Crippen LogP contribution in [0.4, 0.5) is 11.4 Å². The number of hydrogen-bond acceptors (Lipinski definition) is 4. The Balaban J connectivity index is 2.04. The zero-order valence-electron chi connectivity index (χ0n) is 16.2. The molecule has 1 unspecified atom stereocenters. The quantitative estimate of drug-likeness (QED) is 0.836. The van der Waals surface area contributed by atoms with Gasteiger partial charge < -0.3 is 5.32 Å². The highest BCUT2D eigenvalue weighted by Crippen LogP contribution is 2.36. The van der Waals surface area contributed by atoms with Crippen molar-refractivity contribution in [2.24, 2.45) is 5.92 Å². The lowest BCUT2D eigenvalue weighted by atomic mass is 9.97. The Morgan fingerprint density at radius 3 is 2.43 bits per heavy atom. The Labute approximate surface area is 165 Å².